The molecule has 0 amide bonds. The lowest BCUT2D eigenvalue weighted by Crippen LogP contribution is -2.52. The maximum atomic E-state index is 6.11. The van der Waals surface area contributed by atoms with Gasteiger partial charge in [-0.2, -0.15) is 0 Å². The van der Waals surface area contributed by atoms with Gasteiger partial charge >= 0.3 is 0 Å². The summed E-state index contributed by atoms with van der Waals surface area (Å²) in [5, 5.41) is 0. The van der Waals surface area contributed by atoms with E-state index in [4.69, 9.17) is 23.7 Å². The second-order valence-corrected chi connectivity index (χ2v) is 6.58. The van der Waals surface area contributed by atoms with Gasteiger partial charge in [0.1, 0.15) is 24.4 Å². The highest BCUT2D eigenvalue weighted by Crippen LogP contribution is 2.43. The summed E-state index contributed by atoms with van der Waals surface area (Å²) < 4.78 is 29.7. The van der Waals surface area contributed by atoms with Crippen LogP contribution in [0.1, 0.15) is 17.4 Å². The van der Waals surface area contributed by atoms with Gasteiger partial charge in [-0.05, 0) is 5.56 Å². The van der Waals surface area contributed by atoms with E-state index in [0.29, 0.717) is 13.2 Å². The number of rotatable bonds is 4. The van der Waals surface area contributed by atoms with E-state index < -0.39 is 0 Å². The first-order valence-corrected chi connectivity index (χ1v) is 8.67. The van der Waals surface area contributed by atoms with E-state index >= 15 is 0 Å². The van der Waals surface area contributed by atoms with Crippen molar-refractivity contribution in [1.82, 2.24) is 0 Å². The van der Waals surface area contributed by atoms with Crippen molar-refractivity contribution in [3.05, 3.63) is 71.8 Å². The van der Waals surface area contributed by atoms with Crippen LogP contribution in [0.4, 0.5) is 0 Å². The van der Waals surface area contributed by atoms with Crippen LogP contribution in [0.3, 0.4) is 0 Å². The molecule has 3 aliphatic heterocycles. The second-order valence-electron chi connectivity index (χ2n) is 6.58. The van der Waals surface area contributed by atoms with E-state index in [1.165, 1.54) is 0 Å². The first kappa shape index (κ1) is 15.5. The molecule has 2 aromatic carbocycles. The lowest BCUT2D eigenvalue weighted by atomic mass is 10.0. The van der Waals surface area contributed by atoms with Crippen LogP contribution in [0, 0.1) is 0 Å². The molecule has 3 saturated heterocycles. The van der Waals surface area contributed by atoms with Crippen LogP contribution >= 0.6 is 0 Å². The summed E-state index contributed by atoms with van der Waals surface area (Å²) in [7, 11) is 0. The topological polar surface area (TPSA) is 49.5 Å². The monoisotopic (exact) mass is 340 g/mol. The molecule has 25 heavy (non-hydrogen) atoms. The minimum Gasteiger partial charge on any atom is -0.361 e. The molecule has 130 valence electrons. The van der Waals surface area contributed by atoms with Crippen molar-refractivity contribution in [3.8, 4) is 0 Å². The van der Waals surface area contributed by atoms with Crippen LogP contribution in [0.15, 0.2) is 60.7 Å². The Bertz CT molecular complexity index is 707. The first-order chi connectivity index (χ1) is 12.4. The van der Waals surface area contributed by atoms with Gasteiger partial charge in [-0.25, -0.2) is 0 Å². The van der Waals surface area contributed by atoms with Gasteiger partial charge in [-0.1, -0.05) is 60.7 Å². The van der Waals surface area contributed by atoms with E-state index in [1.54, 1.807) is 0 Å². The Morgan fingerprint density at radius 2 is 1.56 bits per heavy atom. The number of hydrogen-bond donors (Lipinski definition) is 0. The van der Waals surface area contributed by atoms with Crippen LogP contribution in [-0.2, 0) is 30.3 Å². The number of fused-ring (bicyclic) bond motifs is 3. The predicted molar refractivity (Wildman–Crippen MR) is 88.6 cm³/mol. The molecule has 0 spiro atoms. The van der Waals surface area contributed by atoms with E-state index in [0.717, 1.165) is 11.1 Å². The zero-order chi connectivity index (χ0) is 16.6. The summed E-state index contributed by atoms with van der Waals surface area (Å²) in [6, 6.07) is 20.0. The molecule has 0 bridgehead atoms. The Morgan fingerprint density at radius 1 is 0.800 bits per heavy atom. The number of ether oxygens (including phenoxy) is 5. The van der Waals surface area contributed by atoms with Crippen LogP contribution < -0.4 is 0 Å². The summed E-state index contributed by atoms with van der Waals surface area (Å²) in [4.78, 5) is 0. The van der Waals surface area contributed by atoms with Gasteiger partial charge in [0.2, 0.25) is 0 Å². The van der Waals surface area contributed by atoms with Crippen molar-refractivity contribution >= 4 is 0 Å². The highest BCUT2D eigenvalue weighted by atomic mass is 16.8. The van der Waals surface area contributed by atoms with Crippen molar-refractivity contribution in [2.75, 3.05) is 6.61 Å². The van der Waals surface area contributed by atoms with Crippen molar-refractivity contribution in [3.63, 3.8) is 0 Å². The molecule has 0 saturated carbocycles. The number of hydrogen-bond acceptors (Lipinski definition) is 5. The maximum absolute atomic E-state index is 6.11. The molecule has 5 nitrogen and oxygen atoms in total. The SMILES string of the molecule is c1ccc(CO[C@H]2O[C@@H]3CO[C@@H](c4ccccc4)O[C@H]3[C@@H]3O[C@H]23)cc1. The fraction of sp³-hybridized carbons (Fsp3) is 0.400. The zero-order valence-corrected chi connectivity index (χ0v) is 13.7. The molecule has 0 aromatic heterocycles. The molecule has 5 rings (SSSR count). The lowest BCUT2D eigenvalue weighted by molar-refractivity contribution is -0.308. The van der Waals surface area contributed by atoms with E-state index in [-0.39, 0.29) is 37.0 Å². The summed E-state index contributed by atoms with van der Waals surface area (Å²) in [6.45, 7) is 0.978. The third kappa shape index (κ3) is 3.10. The summed E-state index contributed by atoms with van der Waals surface area (Å²) in [5.74, 6) is 0. The van der Waals surface area contributed by atoms with Crippen LogP contribution in [0.5, 0.6) is 0 Å². The minimum atomic E-state index is -0.369. The fourth-order valence-electron chi connectivity index (χ4n) is 3.49. The third-order valence-electron chi connectivity index (χ3n) is 4.85. The average Bonchev–Trinajstić information content (AvgIpc) is 3.49. The van der Waals surface area contributed by atoms with Gasteiger partial charge in [0, 0.05) is 5.56 Å². The van der Waals surface area contributed by atoms with E-state index in [2.05, 4.69) is 0 Å². The highest BCUT2D eigenvalue weighted by Gasteiger charge is 2.60. The zero-order valence-electron chi connectivity index (χ0n) is 13.7. The number of epoxide rings is 1. The van der Waals surface area contributed by atoms with Gasteiger partial charge in [0.05, 0.1) is 13.2 Å². The second kappa shape index (κ2) is 6.52. The molecule has 3 heterocycles. The van der Waals surface area contributed by atoms with Gasteiger partial charge in [0.25, 0.3) is 0 Å². The summed E-state index contributed by atoms with van der Waals surface area (Å²) >= 11 is 0. The predicted octanol–water partition coefficient (Wildman–Crippen LogP) is 2.81. The van der Waals surface area contributed by atoms with E-state index in [9.17, 15) is 0 Å². The molecular weight excluding hydrogens is 320 g/mol. The average molecular weight is 340 g/mol. The largest absolute Gasteiger partial charge is 0.361 e. The minimum absolute atomic E-state index is 0.0228. The van der Waals surface area contributed by atoms with Crippen molar-refractivity contribution in [1.29, 1.82) is 0 Å². The molecule has 6 atom stereocenters. The Morgan fingerprint density at radius 3 is 2.36 bits per heavy atom. The fourth-order valence-corrected chi connectivity index (χ4v) is 3.49. The molecule has 0 radical (unpaired) electrons. The van der Waals surface area contributed by atoms with Gasteiger partial charge in [0.15, 0.2) is 12.6 Å². The molecule has 0 N–H and O–H groups in total. The molecular formula is C20H20O5. The van der Waals surface area contributed by atoms with Crippen molar-refractivity contribution in [2.45, 2.75) is 43.6 Å². The lowest BCUT2D eigenvalue weighted by Gasteiger charge is -2.39. The van der Waals surface area contributed by atoms with Crippen LogP contribution in [0.2, 0.25) is 0 Å². The standard InChI is InChI=1S/C20H20O5/c1-3-7-13(8-4-1)11-21-20-18-17(24-18)16-15(23-20)12-22-19(25-16)14-9-5-2-6-10-14/h1-10,15-20H,11-12H2/t15-,16-,17+,18+,19-,20+/m1/s1. The van der Waals surface area contributed by atoms with Crippen LogP contribution in [0.25, 0.3) is 0 Å². The van der Waals surface area contributed by atoms with Crippen molar-refractivity contribution in [2.24, 2.45) is 0 Å². The third-order valence-corrected chi connectivity index (χ3v) is 4.85. The van der Waals surface area contributed by atoms with Gasteiger partial charge in [-0.15, -0.1) is 0 Å². The Balaban J connectivity index is 1.22. The molecule has 3 aliphatic rings. The Kier molecular flexibility index (Phi) is 4.04. The molecule has 0 aliphatic carbocycles. The summed E-state index contributed by atoms with van der Waals surface area (Å²) in [5.41, 5.74) is 2.13. The van der Waals surface area contributed by atoms with Gasteiger partial charge < -0.3 is 23.7 Å². The first-order valence-electron chi connectivity index (χ1n) is 8.67. The van der Waals surface area contributed by atoms with E-state index in [1.807, 2.05) is 60.7 Å². The smallest absolute Gasteiger partial charge is 0.187 e. The number of benzene rings is 2. The quantitative estimate of drug-likeness (QED) is 0.801. The summed E-state index contributed by atoms with van der Waals surface area (Å²) in [6.07, 6.45) is -1.04. The maximum Gasteiger partial charge on any atom is 0.187 e. The molecule has 0 unspecified atom stereocenters. The molecule has 5 heteroatoms. The molecule has 3 fully saturated rings. The van der Waals surface area contributed by atoms with Gasteiger partial charge in [-0.3, -0.25) is 0 Å². The normalized spacial score (nSPS) is 36.3. The van der Waals surface area contributed by atoms with Crippen molar-refractivity contribution < 1.29 is 23.7 Å². The van der Waals surface area contributed by atoms with Crippen LogP contribution in [-0.4, -0.2) is 37.3 Å². The Labute approximate surface area is 146 Å². The molecule has 2 aromatic rings. The Hall–Kier alpha value is -1.76. The highest BCUT2D eigenvalue weighted by molar-refractivity contribution is 5.17.